The smallest absolute Gasteiger partial charge is 0.193 e. The van der Waals surface area contributed by atoms with Crippen LogP contribution in [0.25, 0.3) is 0 Å². The Kier molecular flexibility index (Phi) is 3.34. The second kappa shape index (κ2) is 5.10. The fourth-order valence-corrected chi connectivity index (χ4v) is 3.05. The Morgan fingerprint density at radius 3 is 2.35 bits per heavy atom. The molecule has 2 aromatic rings. The highest BCUT2D eigenvalue weighted by atomic mass is 16.1. The molecule has 1 heterocycles. The number of fused-ring (bicyclic) bond motifs is 1. The number of carbonyl (C=O) groups is 1. The Bertz CT molecular complexity index is 854. The molecule has 0 aliphatic carbocycles. The highest BCUT2D eigenvalue weighted by Crippen LogP contribution is 2.46. The number of anilines is 1. The van der Waals surface area contributed by atoms with Gasteiger partial charge in [0.1, 0.15) is 0 Å². The SMILES string of the molecule is C=C1N(C)c2ccc(C(=O)c3ccc(C#N)cc3)cc2C1(C)C. The minimum Gasteiger partial charge on any atom is -0.348 e. The van der Waals surface area contributed by atoms with Gasteiger partial charge in [-0.15, -0.1) is 0 Å². The molecule has 0 unspecified atom stereocenters. The van der Waals surface area contributed by atoms with Crippen molar-refractivity contribution in [1.29, 1.82) is 5.26 Å². The fourth-order valence-electron chi connectivity index (χ4n) is 3.05. The van der Waals surface area contributed by atoms with Gasteiger partial charge >= 0.3 is 0 Å². The van der Waals surface area contributed by atoms with Crippen LogP contribution in [0.4, 0.5) is 5.69 Å². The third-order valence-electron chi connectivity index (χ3n) is 4.70. The van der Waals surface area contributed by atoms with Crippen LogP contribution in [0.2, 0.25) is 0 Å². The van der Waals surface area contributed by atoms with Crippen LogP contribution in [0.15, 0.2) is 54.7 Å². The molecule has 3 nitrogen and oxygen atoms in total. The first-order valence-electron chi connectivity index (χ1n) is 7.49. The normalized spacial score (nSPS) is 15.2. The van der Waals surface area contributed by atoms with Crippen molar-refractivity contribution in [2.75, 3.05) is 11.9 Å². The largest absolute Gasteiger partial charge is 0.348 e. The van der Waals surface area contributed by atoms with Gasteiger partial charge in [0.2, 0.25) is 0 Å². The summed E-state index contributed by atoms with van der Waals surface area (Å²) in [5.74, 6) is -0.0340. The summed E-state index contributed by atoms with van der Waals surface area (Å²) < 4.78 is 0. The molecule has 0 saturated heterocycles. The number of carbonyl (C=O) groups excluding carboxylic acids is 1. The van der Waals surface area contributed by atoms with E-state index in [0.717, 1.165) is 16.9 Å². The number of benzene rings is 2. The maximum Gasteiger partial charge on any atom is 0.193 e. The molecular formula is C20H18N2O. The summed E-state index contributed by atoms with van der Waals surface area (Å²) >= 11 is 0. The highest BCUT2D eigenvalue weighted by Gasteiger charge is 2.37. The van der Waals surface area contributed by atoms with Gasteiger partial charge in [0.05, 0.1) is 11.6 Å². The first kappa shape index (κ1) is 15.1. The van der Waals surface area contributed by atoms with E-state index in [1.165, 1.54) is 0 Å². The molecule has 23 heavy (non-hydrogen) atoms. The van der Waals surface area contributed by atoms with Gasteiger partial charge in [0, 0.05) is 35.0 Å². The molecule has 0 aromatic heterocycles. The second-order valence-corrected chi connectivity index (χ2v) is 6.38. The van der Waals surface area contributed by atoms with Crippen LogP contribution in [0.5, 0.6) is 0 Å². The Morgan fingerprint density at radius 1 is 1.13 bits per heavy atom. The third-order valence-corrected chi connectivity index (χ3v) is 4.70. The monoisotopic (exact) mass is 302 g/mol. The van der Waals surface area contributed by atoms with E-state index in [0.29, 0.717) is 16.7 Å². The topological polar surface area (TPSA) is 44.1 Å². The summed E-state index contributed by atoms with van der Waals surface area (Å²) in [7, 11) is 2.00. The van der Waals surface area contributed by atoms with Crippen LogP contribution in [0, 0.1) is 11.3 Å². The van der Waals surface area contributed by atoms with E-state index in [1.54, 1.807) is 24.3 Å². The summed E-state index contributed by atoms with van der Waals surface area (Å²) in [6.45, 7) is 8.40. The van der Waals surface area contributed by atoms with E-state index in [1.807, 2.05) is 25.2 Å². The lowest BCUT2D eigenvalue weighted by atomic mass is 9.83. The predicted octanol–water partition coefficient (Wildman–Crippen LogP) is 4.03. The Morgan fingerprint density at radius 2 is 1.74 bits per heavy atom. The molecule has 0 fully saturated rings. The molecule has 0 saturated carbocycles. The predicted molar refractivity (Wildman–Crippen MR) is 91.6 cm³/mol. The number of hydrogen-bond donors (Lipinski definition) is 0. The lowest BCUT2D eigenvalue weighted by molar-refractivity contribution is 0.103. The molecule has 0 atom stereocenters. The summed E-state index contributed by atoms with van der Waals surface area (Å²) in [5.41, 5.74) is 4.84. The van der Waals surface area contributed by atoms with Crippen molar-refractivity contribution in [3.63, 3.8) is 0 Å². The van der Waals surface area contributed by atoms with Crippen LogP contribution in [-0.4, -0.2) is 12.8 Å². The van der Waals surface area contributed by atoms with Crippen molar-refractivity contribution < 1.29 is 4.79 Å². The van der Waals surface area contributed by atoms with E-state index in [-0.39, 0.29) is 11.2 Å². The van der Waals surface area contributed by atoms with Gasteiger partial charge < -0.3 is 4.90 Å². The Balaban J connectivity index is 2.03. The van der Waals surface area contributed by atoms with Crippen molar-refractivity contribution >= 4 is 11.5 Å². The van der Waals surface area contributed by atoms with Crippen LogP contribution in [-0.2, 0) is 5.41 Å². The Hall–Kier alpha value is -2.86. The van der Waals surface area contributed by atoms with Gasteiger partial charge in [-0.3, -0.25) is 4.79 Å². The lowest BCUT2D eigenvalue weighted by Gasteiger charge is -2.22. The van der Waals surface area contributed by atoms with Gasteiger partial charge in [0.15, 0.2) is 5.78 Å². The summed E-state index contributed by atoms with van der Waals surface area (Å²) in [5, 5.41) is 8.85. The van der Waals surface area contributed by atoms with E-state index in [9.17, 15) is 4.79 Å². The fraction of sp³-hybridized carbons (Fsp3) is 0.200. The maximum atomic E-state index is 12.7. The summed E-state index contributed by atoms with van der Waals surface area (Å²) in [6, 6.07) is 14.6. The molecule has 114 valence electrons. The van der Waals surface area contributed by atoms with Crippen LogP contribution in [0.1, 0.15) is 40.9 Å². The minimum absolute atomic E-state index is 0.0340. The molecular weight excluding hydrogens is 284 g/mol. The van der Waals surface area contributed by atoms with Gasteiger partial charge in [-0.1, -0.05) is 20.4 Å². The number of allylic oxidation sites excluding steroid dienone is 1. The zero-order chi connectivity index (χ0) is 16.8. The van der Waals surface area contributed by atoms with E-state index < -0.39 is 0 Å². The number of likely N-dealkylation sites (N-methyl/N-ethyl adjacent to an activating group) is 1. The maximum absolute atomic E-state index is 12.7. The van der Waals surface area contributed by atoms with E-state index in [2.05, 4.69) is 31.4 Å². The van der Waals surface area contributed by atoms with Gasteiger partial charge in [-0.25, -0.2) is 0 Å². The molecule has 0 radical (unpaired) electrons. The zero-order valence-corrected chi connectivity index (χ0v) is 13.6. The van der Waals surface area contributed by atoms with Crippen molar-refractivity contribution in [3.05, 3.63) is 77.0 Å². The van der Waals surface area contributed by atoms with E-state index >= 15 is 0 Å². The van der Waals surface area contributed by atoms with Crippen LogP contribution >= 0.6 is 0 Å². The van der Waals surface area contributed by atoms with Crippen molar-refractivity contribution in [2.45, 2.75) is 19.3 Å². The average molecular weight is 302 g/mol. The molecule has 1 aliphatic heterocycles. The summed E-state index contributed by atoms with van der Waals surface area (Å²) in [6.07, 6.45) is 0. The number of nitrogens with zero attached hydrogens (tertiary/aromatic N) is 2. The summed E-state index contributed by atoms with van der Waals surface area (Å²) in [4.78, 5) is 14.8. The second-order valence-electron chi connectivity index (χ2n) is 6.38. The first-order chi connectivity index (χ1) is 10.9. The molecule has 0 spiro atoms. The number of nitriles is 1. The van der Waals surface area contributed by atoms with Crippen LogP contribution in [0.3, 0.4) is 0 Å². The molecule has 1 aliphatic rings. The number of rotatable bonds is 2. The first-order valence-corrected chi connectivity index (χ1v) is 7.49. The van der Waals surface area contributed by atoms with Crippen molar-refractivity contribution in [3.8, 4) is 6.07 Å². The van der Waals surface area contributed by atoms with Gasteiger partial charge in [0.25, 0.3) is 0 Å². The van der Waals surface area contributed by atoms with Crippen LogP contribution < -0.4 is 4.90 Å². The standard InChI is InChI=1S/C20H18N2O/c1-13-20(2,3)17-11-16(9-10-18(17)22(13)4)19(23)15-7-5-14(12-21)6-8-15/h5-11H,1H2,2-4H3. The molecule has 0 N–H and O–H groups in total. The third kappa shape index (κ3) is 2.24. The Labute approximate surface area is 136 Å². The number of hydrogen-bond acceptors (Lipinski definition) is 3. The number of ketones is 1. The van der Waals surface area contributed by atoms with Crippen molar-refractivity contribution in [2.24, 2.45) is 0 Å². The van der Waals surface area contributed by atoms with E-state index in [4.69, 9.17) is 5.26 Å². The molecule has 3 rings (SSSR count). The molecule has 0 bridgehead atoms. The lowest BCUT2D eigenvalue weighted by Crippen LogP contribution is -2.21. The molecule has 0 amide bonds. The molecule has 3 heteroatoms. The zero-order valence-electron chi connectivity index (χ0n) is 13.6. The highest BCUT2D eigenvalue weighted by molar-refractivity contribution is 6.09. The average Bonchev–Trinajstić information content (AvgIpc) is 2.75. The van der Waals surface area contributed by atoms with Gasteiger partial charge in [-0.05, 0) is 48.0 Å². The van der Waals surface area contributed by atoms with Gasteiger partial charge in [-0.2, -0.15) is 5.26 Å². The quantitative estimate of drug-likeness (QED) is 0.787. The van der Waals surface area contributed by atoms with Crippen molar-refractivity contribution in [1.82, 2.24) is 0 Å². The minimum atomic E-state index is -0.189. The molecule has 2 aromatic carbocycles.